The van der Waals surface area contributed by atoms with Crippen molar-refractivity contribution in [3.05, 3.63) is 66.7 Å². The second-order valence-electron chi connectivity index (χ2n) is 12.0. The Morgan fingerprint density at radius 2 is 1.73 bits per heavy atom. The number of sulfonamides is 2. The van der Waals surface area contributed by atoms with Gasteiger partial charge in [-0.15, -0.1) is 0 Å². The van der Waals surface area contributed by atoms with Crippen molar-refractivity contribution in [1.82, 2.24) is 13.9 Å². The van der Waals surface area contributed by atoms with Gasteiger partial charge in [-0.25, -0.2) is 16.8 Å². The fraction of sp³-hybridized carbons (Fsp3) is 0.500. The molecule has 0 bridgehead atoms. The number of hydrogen-bond acceptors (Lipinski definition) is 8. The summed E-state index contributed by atoms with van der Waals surface area (Å²) >= 11 is 0. The number of hydrogen-bond donors (Lipinski definition) is 2. The smallest absolute Gasteiger partial charge is 0.243 e. The Morgan fingerprint density at radius 1 is 1.00 bits per heavy atom. The minimum Gasteiger partial charge on any atom is -0.491 e. The van der Waals surface area contributed by atoms with E-state index in [-0.39, 0.29) is 35.7 Å². The van der Waals surface area contributed by atoms with Crippen LogP contribution in [0.5, 0.6) is 5.75 Å². The molecule has 2 N–H and O–H groups in total. The minimum atomic E-state index is -3.65. The van der Waals surface area contributed by atoms with Gasteiger partial charge >= 0.3 is 0 Å². The summed E-state index contributed by atoms with van der Waals surface area (Å²) in [6.45, 7) is 7.38. The molecule has 10 nitrogen and oxygen atoms in total. The van der Waals surface area contributed by atoms with Gasteiger partial charge in [-0.1, -0.05) is 43.3 Å². The molecule has 2 heterocycles. The Kier molecular flexibility index (Phi) is 10.0. The van der Waals surface area contributed by atoms with Crippen molar-refractivity contribution >= 4 is 30.8 Å². The van der Waals surface area contributed by atoms with Crippen LogP contribution in [0, 0.1) is 0 Å². The minimum absolute atomic E-state index is 0.00150. The average molecular weight is 646 g/mol. The van der Waals surface area contributed by atoms with Crippen molar-refractivity contribution < 1.29 is 31.4 Å². The maximum Gasteiger partial charge on any atom is 0.243 e. The van der Waals surface area contributed by atoms with Gasteiger partial charge < -0.3 is 19.9 Å². The SMILES string of the molecule is CCN(C(C)C)S(=O)(=O)c1cccc(OCC(O)CNC2COC3(CCN(S(=O)(=O)c4ccc5ccccc5c4)CC3)C2)c1. The second-order valence-corrected chi connectivity index (χ2v) is 15.8. The molecule has 44 heavy (non-hydrogen) atoms. The van der Waals surface area contributed by atoms with Gasteiger partial charge in [-0.05, 0) is 68.1 Å². The molecule has 2 fully saturated rings. The second kappa shape index (κ2) is 13.4. The monoisotopic (exact) mass is 645 g/mol. The van der Waals surface area contributed by atoms with E-state index in [1.807, 2.05) is 44.2 Å². The summed E-state index contributed by atoms with van der Waals surface area (Å²) < 4.78 is 67.7. The largest absolute Gasteiger partial charge is 0.491 e. The van der Waals surface area contributed by atoms with Crippen LogP contribution >= 0.6 is 0 Å². The van der Waals surface area contributed by atoms with Crippen LogP contribution in [-0.2, 0) is 24.8 Å². The molecule has 1 spiro atoms. The fourth-order valence-electron chi connectivity index (χ4n) is 6.16. The number of nitrogens with one attached hydrogen (secondary N) is 1. The molecule has 0 aromatic heterocycles. The van der Waals surface area contributed by atoms with Crippen molar-refractivity contribution in [3.63, 3.8) is 0 Å². The number of aliphatic hydroxyl groups excluding tert-OH is 1. The Morgan fingerprint density at radius 3 is 2.43 bits per heavy atom. The van der Waals surface area contributed by atoms with Crippen molar-refractivity contribution in [2.75, 3.05) is 39.4 Å². The molecule has 5 rings (SSSR count). The lowest BCUT2D eigenvalue weighted by Crippen LogP contribution is -2.47. The number of aliphatic hydroxyl groups is 1. The fourth-order valence-corrected chi connectivity index (χ4v) is 9.32. The molecule has 2 aliphatic rings. The first-order chi connectivity index (χ1) is 20.9. The highest BCUT2D eigenvalue weighted by atomic mass is 32.2. The standard InChI is InChI=1S/C32H43N3O7S2/c1-4-35(24(2)3)44(39,40)30-11-7-10-29(19-30)41-23-28(36)21-33-27-20-32(42-22-27)14-16-34(17-15-32)43(37,38)31-13-12-25-8-5-6-9-26(25)18-31/h5-13,18-19,24,27-28,33,36H,4,14-17,20-23H2,1-3H3. The van der Waals surface area contributed by atoms with E-state index < -0.39 is 26.2 Å². The maximum absolute atomic E-state index is 13.4. The summed E-state index contributed by atoms with van der Waals surface area (Å²) in [5.41, 5.74) is -0.386. The van der Waals surface area contributed by atoms with E-state index in [0.29, 0.717) is 49.7 Å². The zero-order valence-electron chi connectivity index (χ0n) is 25.6. The van der Waals surface area contributed by atoms with Crippen LogP contribution in [0.2, 0.25) is 0 Å². The van der Waals surface area contributed by atoms with Gasteiger partial charge in [0, 0.05) is 44.3 Å². The predicted octanol–water partition coefficient (Wildman–Crippen LogP) is 3.60. The van der Waals surface area contributed by atoms with E-state index in [1.54, 1.807) is 41.6 Å². The molecular formula is C32H43N3O7S2. The van der Waals surface area contributed by atoms with Crippen LogP contribution in [0.25, 0.3) is 10.8 Å². The quantitative estimate of drug-likeness (QED) is 0.306. The van der Waals surface area contributed by atoms with E-state index >= 15 is 0 Å². The molecule has 2 aliphatic heterocycles. The van der Waals surface area contributed by atoms with E-state index in [4.69, 9.17) is 9.47 Å². The van der Waals surface area contributed by atoms with Crippen molar-refractivity contribution in [2.24, 2.45) is 0 Å². The molecule has 3 aromatic rings. The molecule has 2 saturated heterocycles. The van der Waals surface area contributed by atoms with Crippen LogP contribution in [0.1, 0.15) is 40.0 Å². The summed E-state index contributed by atoms with van der Waals surface area (Å²) in [7, 11) is -7.26. The maximum atomic E-state index is 13.4. The lowest BCUT2D eigenvalue weighted by Gasteiger charge is -2.38. The Hall–Kier alpha value is -2.58. The molecule has 3 aromatic carbocycles. The van der Waals surface area contributed by atoms with Crippen LogP contribution < -0.4 is 10.1 Å². The third-order valence-electron chi connectivity index (χ3n) is 8.59. The lowest BCUT2D eigenvalue weighted by atomic mass is 9.88. The molecule has 240 valence electrons. The summed E-state index contributed by atoms with van der Waals surface area (Å²) in [6.07, 6.45) is 1.13. The first-order valence-corrected chi connectivity index (χ1v) is 18.1. The molecule has 0 radical (unpaired) electrons. The summed E-state index contributed by atoms with van der Waals surface area (Å²) in [6, 6.07) is 19.2. The van der Waals surface area contributed by atoms with E-state index in [1.165, 1.54) is 10.4 Å². The summed E-state index contributed by atoms with van der Waals surface area (Å²) in [5.74, 6) is 0.374. The molecular weight excluding hydrogens is 603 g/mol. The highest BCUT2D eigenvalue weighted by Crippen LogP contribution is 2.37. The van der Waals surface area contributed by atoms with Crippen LogP contribution in [0.15, 0.2) is 76.5 Å². The summed E-state index contributed by atoms with van der Waals surface area (Å²) in [4.78, 5) is 0.463. The van der Waals surface area contributed by atoms with Gasteiger partial charge in [0.15, 0.2) is 0 Å². The number of fused-ring (bicyclic) bond motifs is 1. The molecule has 0 amide bonds. The van der Waals surface area contributed by atoms with E-state index in [9.17, 15) is 21.9 Å². The van der Waals surface area contributed by atoms with Gasteiger partial charge in [0.2, 0.25) is 20.0 Å². The topological polar surface area (TPSA) is 125 Å². The molecule has 0 aliphatic carbocycles. The molecule has 0 saturated carbocycles. The van der Waals surface area contributed by atoms with Gasteiger partial charge in [0.1, 0.15) is 18.5 Å². The van der Waals surface area contributed by atoms with Gasteiger partial charge in [-0.3, -0.25) is 0 Å². The van der Waals surface area contributed by atoms with Crippen LogP contribution in [0.4, 0.5) is 0 Å². The number of rotatable bonds is 12. The van der Waals surface area contributed by atoms with Crippen LogP contribution in [0.3, 0.4) is 0 Å². The van der Waals surface area contributed by atoms with Gasteiger partial charge in [0.05, 0.1) is 22.0 Å². The third kappa shape index (κ3) is 7.12. The molecule has 2 atom stereocenters. The van der Waals surface area contributed by atoms with Crippen LogP contribution in [-0.4, -0.2) is 93.7 Å². The van der Waals surface area contributed by atoms with E-state index in [2.05, 4.69) is 5.32 Å². The Bertz CT molecular complexity index is 1660. The zero-order valence-corrected chi connectivity index (χ0v) is 27.2. The normalized spacial score (nSPS) is 20.1. The molecule has 12 heteroatoms. The number of benzene rings is 3. The Labute approximate surface area is 261 Å². The predicted molar refractivity (Wildman–Crippen MR) is 170 cm³/mol. The highest BCUT2D eigenvalue weighted by Gasteiger charge is 2.44. The first-order valence-electron chi connectivity index (χ1n) is 15.2. The number of nitrogens with zero attached hydrogens (tertiary/aromatic N) is 2. The lowest BCUT2D eigenvalue weighted by molar-refractivity contribution is -0.0312. The summed E-state index contributed by atoms with van der Waals surface area (Å²) in [5, 5.41) is 15.8. The number of piperidine rings is 1. The Balaban J connectivity index is 1.09. The highest BCUT2D eigenvalue weighted by molar-refractivity contribution is 7.89. The zero-order chi connectivity index (χ0) is 31.5. The average Bonchev–Trinajstić information content (AvgIpc) is 3.41. The first kappa shape index (κ1) is 32.8. The third-order valence-corrected chi connectivity index (χ3v) is 12.6. The van der Waals surface area contributed by atoms with Crippen molar-refractivity contribution in [2.45, 2.75) is 73.6 Å². The van der Waals surface area contributed by atoms with Crippen molar-refractivity contribution in [3.8, 4) is 5.75 Å². The van der Waals surface area contributed by atoms with Gasteiger partial charge in [0.25, 0.3) is 0 Å². The molecule has 2 unspecified atom stereocenters. The van der Waals surface area contributed by atoms with E-state index in [0.717, 1.165) is 17.2 Å². The number of ether oxygens (including phenoxy) is 2. The van der Waals surface area contributed by atoms with Gasteiger partial charge in [-0.2, -0.15) is 8.61 Å². The van der Waals surface area contributed by atoms with Crippen molar-refractivity contribution in [1.29, 1.82) is 0 Å².